The van der Waals surface area contributed by atoms with Crippen LogP contribution in [0.25, 0.3) is 0 Å². The second-order valence-corrected chi connectivity index (χ2v) is 8.36. The van der Waals surface area contributed by atoms with Crippen molar-refractivity contribution in [2.45, 2.75) is 38.8 Å². The smallest absolute Gasteiger partial charge is 0.345 e. The van der Waals surface area contributed by atoms with Crippen molar-refractivity contribution in [3.05, 3.63) is 56.2 Å². The van der Waals surface area contributed by atoms with Gasteiger partial charge in [0.25, 0.3) is 0 Å². The molecule has 27 heavy (non-hydrogen) atoms. The van der Waals surface area contributed by atoms with E-state index in [1.807, 2.05) is 24.0 Å². The summed E-state index contributed by atoms with van der Waals surface area (Å²) in [6, 6.07) is 9.38. The molecule has 0 radical (unpaired) electrons. The Labute approximate surface area is 167 Å². The maximum atomic E-state index is 12.2. The van der Waals surface area contributed by atoms with Gasteiger partial charge in [-0.1, -0.05) is 17.7 Å². The Bertz CT molecular complexity index is 815. The molecule has 1 aromatic heterocycles. The number of rotatable bonds is 8. The molecule has 7 heteroatoms. The van der Waals surface area contributed by atoms with Gasteiger partial charge in [0, 0.05) is 22.9 Å². The number of hydrogen-bond acceptors (Lipinski definition) is 4. The van der Waals surface area contributed by atoms with Crippen LogP contribution in [0.5, 0.6) is 0 Å². The van der Waals surface area contributed by atoms with Gasteiger partial charge in [0.2, 0.25) is 5.91 Å². The quantitative estimate of drug-likeness (QED) is 0.713. The van der Waals surface area contributed by atoms with Gasteiger partial charge in [-0.2, -0.15) is 0 Å². The second kappa shape index (κ2) is 8.87. The predicted octanol–water partition coefficient (Wildman–Crippen LogP) is 4.16. The molecule has 1 N–H and O–H groups in total. The molecular weight excluding hydrogens is 386 g/mol. The van der Waals surface area contributed by atoms with Crippen LogP contribution in [0, 0.1) is 6.92 Å². The first-order chi connectivity index (χ1) is 12.9. The number of nitrogens with zero attached hydrogens (tertiary/aromatic N) is 1. The summed E-state index contributed by atoms with van der Waals surface area (Å²) in [5.74, 6) is -0.762. The van der Waals surface area contributed by atoms with E-state index >= 15 is 0 Å². The molecule has 144 valence electrons. The van der Waals surface area contributed by atoms with E-state index in [1.54, 1.807) is 12.1 Å². The summed E-state index contributed by atoms with van der Waals surface area (Å²) >= 11 is 7.33. The zero-order chi connectivity index (χ0) is 19.4. The molecule has 0 saturated carbocycles. The van der Waals surface area contributed by atoms with Gasteiger partial charge in [-0.05, 0) is 55.2 Å². The van der Waals surface area contributed by atoms with E-state index in [9.17, 15) is 9.59 Å². The highest BCUT2D eigenvalue weighted by molar-refractivity contribution is 7.13. The van der Waals surface area contributed by atoms with E-state index in [4.69, 9.17) is 21.4 Å². The fourth-order valence-corrected chi connectivity index (χ4v) is 4.44. The number of carboxylic acids is 1. The Balaban J connectivity index is 1.51. The molecule has 2 aromatic rings. The monoisotopic (exact) mass is 407 g/mol. The highest BCUT2D eigenvalue weighted by Crippen LogP contribution is 2.22. The third kappa shape index (κ3) is 5.31. The molecule has 0 bridgehead atoms. The molecule has 1 atom stereocenters. The minimum absolute atomic E-state index is 0.0664. The van der Waals surface area contributed by atoms with E-state index in [1.165, 1.54) is 11.3 Å². The van der Waals surface area contributed by atoms with Crippen LogP contribution in [0.4, 0.5) is 0 Å². The van der Waals surface area contributed by atoms with E-state index in [2.05, 4.69) is 6.07 Å². The Morgan fingerprint density at radius 1 is 1.37 bits per heavy atom. The molecule has 1 fully saturated rings. The Morgan fingerprint density at radius 3 is 2.89 bits per heavy atom. The molecule has 0 spiro atoms. The molecule has 0 unspecified atom stereocenters. The first-order valence-corrected chi connectivity index (χ1v) is 10.1. The van der Waals surface area contributed by atoms with Crippen LogP contribution < -0.4 is 0 Å². The van der Waals surface area contributed by atoms with E-state index in [0.29, 0.717) is 36.1 Å². The molecule has 5 nitrogen and oxygen atoms in total. The molecule has 2 heterocycles. The summed E-state index contributed by atoms with van der Waals surface area (Å²) in [5.41, 5.74) is 2.24. The van der Waals surface area contributed by atoms with Gasteiger partial charge in [-0.15, -0.1) is 11.3 Å². The molecular formula is C20H22ClNO4S. The van der Waals surface area contributed by atoms with Crippen LogP contribution in [-0.4, -0.2) is 41.1 Å². The largest absolute Gasteiger partial charge is 0.477 e. The van der Waals surface area contributed by atoms with Crippen LogP contribution >= 0.6 is 22.9 Å². The zero-order valence-electron chi connectivity index (χ0n) is 15.1. The Hall–Kier alpha value is -1.89. The Kier molecular flexibility index (Phi) is 6.52. The lowest BCUT2D eigenvalue weighted by atomic mass is 10.1. The number of carbonyl (C=O) groups excluding carboxylic acids is 1. The van der Waals surface area contributed by atoms with Gasteiger partial charge in [0.15, 0.2) is 0 Å². The SMILES string of the molecule is Cc1cc(Cl)cc(CCN2C(=O)CC[C@@H]2COCc2ccc(C(=O)O)s2)c1. The normalized spacial score (nSPS) is 16.9. The maximum absolute atomic E-state index is 12.2. The minimum atomic E-state index is -0.921. The van der Waals surface area contributed by atoms with Crippen molar-refractivity contribution in [3.63, 3.8) is 0 Å². The molecule has 1 aromatic carbocycles. The second-order valence-electron chi connectivity index (χ2n) is 6.75. The molecule has 1 aliphatic heterocycles. The van der Waals surface area contributed by atoms with Gasteiger partial charge in [0.1, 0.15) is 4.88 Å². The van der Waals surface area contributed by atoms with Crippen LogP contribution in [0.1, 0.15) is 38.5 Å². The van der Waals surface area contributed by atoms with Gasteiger partial charge in [-0.3, -0.25) is 4.79 Å². The molecule has 1 aliphatic rings. The molecule has 1 amide bonds. The van der Waals surface area contributed by atoms with E-state index in [-0.39, 0.29) is 11.9 Å². The number of halogens is 1. The first kappa shape index (κ1) is 19.9. The average molecular weight is 408 g/mol. The van der Waals surface area contributed by atoms with Gasteiger partial charge < -0.3 is 14.7 Å². The van der Waals surface area contributed by atoms with Crippen LogP contribution in [0.15, 0.2) is 30.3 Å². The lowest BCUT2D eigenvalue weighted by molar-refractivity contribution is -0.129. The van der Waals surface area contributed by atoms with Crippen molar-refractivity contribution in [2.24, 2.45) is 0 Å². The van der Waals surface area contributed by atoms with Gasteiger partial charge in [-0.25, -0.2) is 4.79 Å². The topological polar surface area (TPSA) is 66.8 Å². The zero-order valence-corrected chi connectivity index (χ0v) is 16.7. The van der Waals surface area contributed by atoms with Gasteiger partial charge >= 0.3 is 5.97 Å². The summed E-state index contributed by atoms with van der Waals surface area (Å²) in [4.78, 5) is 26.2. The van der Waals surface area contributed by atoms with E-state index < -0.39 is 5.97 Å². The van der Waals surface area contributed by atoms with Crippen LogP contribution in [0.3, 0.4) is 0 Å². The number of hydrogen-bond donors (Lipinski definition) is 1. The van der Waals surface area contributed by atoms with Crippen molar-refractivity contribution < 1.29 is 19.4 Å². The first-order valence-electron chi connectivity index (χ1n) is 8.87. The Morgan fingerprint density at radius 2 is 2.19 bits per heavy atom. The van der Waals surface area contributed by atoms with Crippen LogP contribution in [0.2, 0.25) is 5.02 Å². The van der Waals surface area contributed by atoms with Crippen molar-refractivity contribution in [1.82, 2.24) is 4.90 Å². The average Bonchev–Trinajstić information content (AvgIpc) is 3.20. The number of carboxylic acid groups (broad SMARTS) is 1. The highest BCUT2D eigenvalue weighted by atomic mass is 35.5. The number of benzene rings is 1. The standard InChI is InChI=1S/C20H22ClNO4S/c1-13-8-14(10-15(21)9-13)6-7-22-16(2-5-19(22)23)11-26-12-17-3-4-18(27-17)20(24)25/h3-4,8-10,16H,2,5-7,11-12H2,1H3,(H,24,25)/t16-/m1/s1. The number of amides is 1. The van der Waals surface area contributed by atoms with Crippen molar-refractivity contribution in [2.75, 3.05) is 13.2 Å². The summed E-state index contributed by atoms with van der Waals surface area (Å²) in [5, 5.41) is 9.68. The number of aryl methyl sites for hydroxylation is 1. The maximum Gasteiger partial charge on any atom is 0.345 e. The summed E-state index contributed by atoms with van der Waals surface area (Å²) in [6.45, 7) is 3.48. The van der Waals surface area contributed by atoms with Crippen molar-refractivity contribution in [3.8, 4) is 0 Å². The fourth-order valence-electron chi connectivity index (χ4n) is 3.35. The summed E-state index contributed by atoms with van der Waals surface area (Å²) in [7, 11) is 0. The third-order valence-corrected chi connectivity index (χ3v) is 5.89. The lowest BCUT2D eigenvalue weighted by Gasteiger charge is -2.25. The lowest BCUT2D eigenvalue weighted by Crippen LogP contribution is -2.37. The van der Waals surface area contributed by atoms with Crippen molar-refractivity contribution in [1.29, 1.82) is 0 Å². The number of thiophene rings is 1. The van der Waals surface area contributed by atoms with Gasteiger partial charge in [0.05, 0.1) is 19.3 Å². The van der Waals surface area contributed by atoms with Crippen molar-refractivity contribution >= 4 is 34.8 Å². The molecule has 0 aliphatic carbocycles. The molecule has 3 rings (SSSR count). The van der Waals surface area contributed by atoms with Crippen LogP contribution in [-0.2, 0) is 22.6 Å². The third-order valence-electron chi connectivity index (χ3n) is 4.62. The fraction of sp³-hybridized carbons (Fsp3) is 0.400. The highest BCUT2D eigenvalue weighted by Gasteiger charge is 2.30. The number of carbonyl (C=O) groups is 2. The number of likely N-dealkylation sites (tertiary alicyclic amines) is 1. The number of ether oxygens (including phenoxy) is 1. The molecule has 1 saturated heterocycles. The predicted molar refractivity (Wildman–Crippen MR) is 106 cm³/mol. The number of aromatic carboxylic acids is 1. The summed E-state index contributed by atoms with van der Waals surface area (Å²) in [6.07, 6.45) is 2.10. The minimum Gasteiger partial charge on any atom is -0.477 e. The van der Waals surface area contributed by atoms with E-state index in [0.717, 1.165) is 28.8 Å². The summed E-state index contributed by atoms with van der Waals surface area (Å²) < 4.78 is 5.77.